The number of aliphatic hydroxyl groups excluding tert-OH is 1. The van der Waals surface area contributed by atoms with E-state index in [1.54, 1.807) is 0 Å². The molecule has 166 valence electrons. The molecule has 1 atom stereocenters. The van der Waals surface area contributed by atoms with Gasteiger partial charge in [0.25, 0.3) is 0 Å². The maximum atomic E-state index is 10.0. The third-order valence-corrected chi connectivity index (χ3v) is 7.57. The number of rotatable bonds is 4. The SMILES string of the molecule is Cc1ccccc1C1CCN(c2nc(C3CC3)nc3ccc(N4CC[C@@H](O)C4)cc23)CC1. The summed E-state index contributed by atoms with van der Waals surface area (Å²) >= 11 is 0. The molecule has 1 N–H and O–H groups in total. The Morgan fingerprint density at radius 1 is 0.844 bits per heavy atom. The number of nitrogens with zero attached hydrogens (tertiary/aromatic N) is 4. The van der Waals surface area contributed by atoms with Gasteiger partial charge in [-0.3, -0.25) is 0 Å². The number of aromatic nitrogens is 2. The van der Waals surface area contributed by atoms with Crippen molar-refractivity contribution in [1.29, 1.82) is 0 Å². The molecule has 6 rings (SSSR count). The maximum absolute atomic E-state index is 10.0. The first-order chi connectivity index (χ1) is 15.7. The minimum absolute atomic E-state index is 0.223. The van der Waals surface area contributed by atoms with E-state index in [1.165, 1.54) is 29.7 Å². The molecule has 1 aliphatic carbocycles. The number of aryl methyl sites for hydroxylation is 1. The molecule has 2 saturated heterocycles. The normalized spacial score (nSPS) is 22.1. The Morgan fingerprint density at radius 2 is 1.62 bits per heavy atom. The number of fused-ring (bicyclic) bond motifs is 1. The van der Waals surface area contributed by atoms with E-state index in [2.05, 4.69) is 59.2 Å². The van der Waals surface area contributed by atoms with Gasteiger partial charge in [-0.15, -0.1) is 0 Å². The number of β-amino-alcohol motifs (C(OH)–C–C–N with tert-alkyl or cyclic N) is 1. The zero-order valence-electron chi connectivity index (χ0n) is 18.9. The van der Waals surface area contributed by atoms with Crippen molar-refractivity contribution in [2.75, 3.05) is 36.0 Å². The maximum Gasteiger partial charge on any atom is 0.140 e. The molecule has 5 nitrogen and oxygen atoms in total. The van der Waals surface area contributed by atoms with Crippen LogP contribution in [0, 0.1) is 6.92 Å². The molecular formula is C27H32N4O. The number of piperidine rings is 1. The predicted octanol–water partition coefficient (Wildman–Crippen LogP) is 4.77. The minimum atomic E-state index is -0.223. The first-order valence-electron chi connectivity index (χ1n) is 12.2. The van der Waals surface area contributed by atoms with E-state index >= 15 is 0 Å². The Bertz CT molecular complexity index is 1130. The third-order valence-electron chi connectivity index (χ3n) is 7.57. The molecule has 3 fully saturated rings. The highest BCUT2D eigenvalue weighted by Gasteiger charge is 2.30. The molecule has 0 amide bonds. The first kappa shape index (κ1) is 20.0. The highest BCUT2D eigenvalue weighted by atomic mass is 16.3. The van der Waals surface area contributed by atoms with Gasteiger partial charge < -0.3 is 14.9 Å². The van der Waals surface area contributed by atoms with Gasteiger partial charge in [-0.05, 0) is 74.3 Å². The minimum Gasteiger partial charge on any atom is -0.391 e. The van der Waals surface area contributed by atoms with Crippen LogP contribution in [0.4, 0.5) is 11.5 Å². The van der Waals surface area contributed by atoms with Crippen LogP contribution in [-0.2, 0) is 0 Å². The van der Waals surface area contributed by atoms with E-state index in [9.17, 15) is 5.11 Å². The standard InChI is InChI=1S/C27H32N4O/c1-18-4-2-3-5-23(18)19-10-13-30(14-11-19)27-24-16-21(31-15-12-22(32)17-31)8-9-25(24)28-26(29-27)20-6-7-20/h2-5,8-9,16,19-20,22,32H,6-7,10-15,17H2,1H3/t22-/m1/s1. The van der Waals surface area contributed by atoms with Crippen LogP contribution in [0.3, 0.4) is 0 Å². The summed E-state index contributed by atoms with van der Waals surface area (Å²) in [4.78, 5) is 14.9. The Morgan fingerprint density at radius 3 is 2.34 bits per heavy atom. The van der Waals surface area contributed by atoms with Crippen molar-refractivity contribution >= 4 is 22.4 Å². The number of aliphatic hydroxyl groups is 1. The number of anilines is 2. The second-order valence-electron chi connectivity index (χ2n) is 9.89. The van der Waals surface area contributed by atoms with E-state index in [4.69, 9.17) is 9.97 Å². The van der Waals surface area contributed by atoms with Crippen LogP contribution in [0.15, 0.2) is 42.5 Å². The lowest BCUT2D eigenvalue weighted by Crippen LogP contribution is -2.34. The van der Waals surface area contributed by atoms with E-state index in [0.29, 0.717) is 18.4 Å². The van der Waals surface area contributed by atoms with Crippen LogP contribution >= 0.6 is 0 Å². The molecule has 5 heteroatoms. The molecule has 0 bridgehead atoms. The molecule has 0 radical (unpaired) electrons. The molecule has 32 heavy (non-hydrogen) atoms. The van der Waals surface area contributed by atoms with Crippen molar-refractivity contribution in [3.05, 3.63) is 59.4 Å². The molecular weight excluding hydrogens is 396 g/mol. The highest BCUT2D eigenvalue weighted by Crippen LogP contribution is 2.41. The molecule has 2 aromatic carbocycles. The molecule has 3 aliphatic rings. The van der Waals surface area contributed by atoms with Gasteiger partial charge >= 0.3 is 0 Å². The Balaban J connectivity index is 1.32. The van der Waals surface area contributed by atoms with E-state index in [1.807, 2.05) is 0 Å². The average Bonchev–Trinajstić information content (AvgIpc) is 3.59. The second-order valence-corrected chi connectivity index (χ2v) is 9.89. The van der Waals surface area contributed by atoms with E-state index in [0.717, 1.165) is 61.4 Å². The summed E-state index contributed by atoms with van der Waals surface area (Å²) in [5, 5.41) is 11.2. The Labute approximate surface area is 190 Å². The monoisotopic (exact) mass is 428 g/mol. The molecule has 3 heterocycles. The molecule has 1 aromatic heterocycles. The lowest BCUT2D eigenvalue weighted by molar-refractivity contribution is 0.198. The van der Waals surface area contributed by atoms with Crippen LogP contribution in [-0.4, -0.2) is 47.4 Å². The number of hydrogen-bond acceptors (Lipinski definition) is 5. The topological polar surface area (TPSA) is 52.5 Å². The quantitative estimate of drug-likeness (QED) is 0.649. The summed E-state index contributed by atoms with van der Waals surface area (Å²) in [6.07, 6.45) is 5.36. The first-order valence-corrected chi connectivity index (χ1v) is 12.2. The van der Waals surface area contributed by atoms with Gasteiger partial charge in [0.05, 0.1) is 11.6 Å². The van der Waals surface area contributed by atoms with Crippen LogP contribution < -0.4 is 9.80 Å². The summed E-state index contributed by atoms with van der Waals surface area (Å²) < 4.78 is 0. The Kier molecular flexibility index (Phi) is 5.02. The van der Waals surface area contributed by atoms with Crippen molar-refractivity contribution < 1.29 is 5.11 Å². The smallest absolute Gasteiger partial charge is 0.140 e. The van der Waals surface area contributed by atoms with Crippen LogP contribution in [0.1, 0.15) is 60.9 Å². The van der Waals surface area contributed by atoms with Crippen molar-refractivity contribution in [3.63, 3.8) is 0 Å². The summed E-state index contributed by atoms with van der Waals surface area (Å²) in [5.74, 6) is 3.31. The summed E-state index contributed by atoms with van der Waals surface area (Å²) in [7, 11) is 0. The molecule has 0 unspecified atom stereocenters. The predicted molar refractivity (Wildman–Crippen MR) is 130 cm³/mol. The second kappa shape index (κ2) is 8.04. The molecule has 3 aromatic rings. The third kappa shape index (κ3) is 3.73. The fourth-order valence-electron chi connectivity index (χ4n) is 5.50. The number of benzene rings is 2. The van der Waals surface area contributed by atoms with Gasteiger partial charge in [0, 0.05) is 43.2 Å². The zero-order chi connectivity index (χ0) is 21.7. The van der Waals surface area contributed by atoms with Crippen molar-refractivity contribution in [3.8, 4) is 0 Å². The van der Waals surface area contributed by atoms with Crippen molar-refractivity contribution in [2.45, 2.75) is 57.0 Å². The largest absolute Gasteiger partial charge is 0.391 e. The van der Waals surface area contributed by atoms with Gasteiger partial charge in [-0.25, -0.2) is 9.97 Å². The Hall–Kier alpha value is -2.66. The van der Waals surface area contributed by atoms with Gasteiger partial charge in [0.2, 0.25) is 0 Å². The molecule has 0 spiro atoms. The summed E-state index contributed by atoms with van der Waals surface area (Å²) in [5.41, 5.74) is 5.15. The summed E-state index contributed by atoms with van der Waals surface area (Å²) in [6.45, 7) is 5.91. The van der Waals surface area contributed by atoms with Gasteiger partial charge in [-0.2, -0.15) is 0 Å². The van der Waals surface area contributed by atoms with Crippen LogP contribution in [0.5, 0.6) is 0 Å². The fourth-order valence-corrected chi connectivity index (χ4v) is 5.50. The zero-order valence-corrected chi connectivity index (χ0v) is 18.9. The van der Waals surface area contributed by atoms with Crippen LogP contribution in [0.2, 0.25) is 0 Å². The van der Waals surface area contributed by atoms with Crippen LogP contribution in [0.25, 0.3) is 10.9 Å². The fraction of sp³-hybridized carbons (Fsp3) is 0.481. The van der Waals surface area contributed by atoms with Gasteiger partial charge in [0.1, 0.15) is 11.6 Å². The molecule has 2 aliphatic heterocycles. The number of hydrogen-bond donors (Lipinski definition) is 1. The van der Waals surface area contributed by atoms with Gasteiger partial charge in [0.15, 0.2) is 0 Å². The van der Waals surface area contributed by atoms with Crippen molar-refractivity contribution in [2.24, 2.45) is 0 Å². The van der Waals surface area contributed by atoms with Gasteiger partial charge in [-0.1, -0.05) is 24.3 Å². The average molecular weight is 429 g/mol. The highest BCUT2D eigenvalue weighted by molar-refractivity contribution is 5.92. The molecule has 1 saturated carbocycles. The lowest BCUT2D eigenvalue weighted by atomic mass is 9.87. The van der Waals surface area contributed by atoms with E-state index < -0.39 is 0 Å². The lowest BCUT2D eigenvalue weighted by Gasteiger charge is -2.34. The van der Waals surface area contributed by atoms with E-state index in [-0.39, 0.29) is 6.10 Å². The van der Waals surface area contributed by atoms with Crippen molar-refractivity contribution in [1.82, 2.24) is 9.97 Å². The summed E-state index contributed by atoms with van der Waals surface area (Å²) in [6, 6.07) is 15.4.